The summed E-state index contributed by atoms with van der Waals surface area (Å²) >= 11 is 0. The zero-order valence-corrected chi connectivity index (χ0v) is 11.6. The number of carbonyl (C=O) groups is 2. The number of primary amides is 1. The summed E-state index contributed by atoms with van der Waals surface area (Å²) < 4.78 is 5.24. The zero-order valence-electron chi connectivity index (χ0n) is 11.6. The smallest absolute Gasteiger partial charge is 0.256 e. The fourth-order valence-electron chi connectivity index (χ4n) is 1.81. The molecule has 0 fully saturated rings. The van der Waals surface area contributed by atoms with Crippen LogP contribution in [-0.2, 0) is 4.79 Å². The number of nitrogens with two attached hydrogens (primary N) is 1. The quantitative estimate of drug-likeness (QED) is 0.742. The SMILES string of the molecule is CC1=CNC(NC(=O)c2ccccc2OCC(N)=O)C=C1. The van der Waals surface area contributed by atoms with Crippen molar-refractivity contribution in [3.8, 4) is 5.75 Å². The molecule has 110 valence electrons. The Labute approximate surface area is 122 Å². The van der Waals surface area contributed by atoms with Gasteiger partial charge in [0.25, 0.3) is 11.8 Å². The highest BCUT2D eigenvalue weighted by Gasteiger charge is 2.16. The third kappa shape index (κ3) is 4.10. The lowest BCUT2D eigenvalue weighted by Crippen LogP contribution is -2.43. The molecule has 21 heavy (non-hydrogen) atoms. The topological polar surface area (TPSA) is 93.4 Å². The number of dihydropyridines is 1. The van der Waals surface area contributed by atoms with Gasteiger partial charge in [0.2, 0.25) is 0 Å². The van der Waals surface area contributed by atoms with Crippen LogP contribution in [0.4, 0.5) is 0 Å². The van der Waals surface area contributed by atoms with Gasteiger partial charge in [-0.25, -0.2) is 0 Å². The predicted octanol–water partition coefficient (Wildman–Crippen LogP) is 0.670. The molecule has 0 saturated carbocycles. The molecule has 1 aromatic rings. The molecule has 1 heterocycles. The van der Waals surface area contributed by atoms with Crippen LogP contribution in [0.5, 0.6) is 5.75 Å². The molecular formula is C15H17N3O3. The van der Waals surface area contributed by atoms with Crippen molar-refractivity contribution in [2.24, 2.45) is 5.73 Å². The first-order valence-corrected chi connectivity index (χ1v) is 6.48. The van der Waals surface area contributed by atoms with Crippen LogP contribution in [0.25, 0.3) is 0 Å². The first-order valence-electron chi connectivity index (χ1n) is 6.48. The molecule has 0 bridgehead atoms. The van der Waals surface area contributed by atoms with Crippen molar-refractivity contribution in [1.82, 2.24) is 10.6 Å². The maximum atomic E-state index is 12.3. The fraction of sp³-hybridized carbons (Fsp3) is 0.200. The number of hydrogen-bond donors (Lipinski definition) is 3. The Bertz CT molecular complexity index is 608. The minimum atomic E-state index is -0.595. The molecule has 1 aliphatic heterocycles. The Balaban J connectivity index is 2.05. The largest absolute Gasteiger partial charge is 0.483 e. The van der Waals surface area contributed by atoms with E-state index in [4.69, 9.17) is 10.5 Å². The van der Waals surface area contributed by atoms with Gasteiger partial charge in [-0.2, -0.15) is 0 Å². The summed E-state index contributed by atoms with van der Waals surface area (Å²) in [5, 5.41) is 5.85. The van der Waals surface area contributed by atoms with Gasteiger partial charge in [0, 0.05) is 6.20 Å². The first kappa shape index (κ1) is 14.6. The average Bonchev–Trinajstić information content (AvgIpc) is 2.47. The monoisotopic (exact) mass is 287 g/mol. The van der Waals surface area contributed by atoms with E-state index < -0.39 is 5.91 Å². The van der Waals surface area contributed by atoms with E-state index in [1.807, 2.05) is 25.3 Å². The van der Waals surface area contributed by atoms with Gasteiger partial charge in [0.1, 0.15) is 11.9 Å². The number of amides is 2. The van der Waals surface area contributed by atoms with Crippen LogP contribution in [0.1, 0.15) is 17.3 Å². The van der Waals surface area contributed by atoms with Crippen LogP contribution < -0.4 is 21.1 Å². The van der Waals surface area contributed by atoms with E-state index in [1.54, 1.807) is 24.3 Å². The first-order chi connectivity index (χ1) is 10.1. The maximum Gasteiger partial charge on any atom is 0.256 e. The van der Waals surface area contributed by atoms with E-state index in [0.717, 1.165) is 5.57 Å². The summed E-state index contributed by atoms with van der Waals surface area (Å²) in [6.45, 7) is 1.68. The molecule has 0 aromatic heterocycles. The van der Waals surface area contributed by atoms with Gasteiger partial charge in [-0.3, -0.25) is 9.59 Å². The Morgan fingerprint density at radius 2 is 2.14 bits per heavy atom. The van der Waals surface area contributed by atoms with E-state index in [2.05, 4.69) is 10.6 Å². The Hall–Kier alpha value is -2.76. The number of ether oxygens (including phenoxy) is 1. The molecule has 4 N–H and O–H groups in total. The molecule has 1 unspecified atom stereocenters. The molecule has 2 rings (SSSR count). The van der Waals surface area contributed by atoms with Crippen LogP contribution >= 0.6 is 0 Å². The van der Waals surface area contributed by atoms with Crippen molar-refractivity contribution in [3.63, 3.8) is 0 Å². The molecule has 6 heteroatoms. The standard InChI is InChI=1S/C15H17N3O3/c1-10-6-7-14(17-8-10)18-15(20)11-4-2-3-5-12(11)21-9-13(16)19/h2-8,14,17H,9H2,1H3,(H2,16,19)(H,18,20). The summed E-state index contributed by atoms with van der Waals surface area (Å²) in [6, 6.07) is 6.68. The number of para-hydroxylation sites is 1. The summed E-state index contributed by atoms with van der Waals surface area (Å²) in [6.07, 6.45) is 5.29. The van der Waals surface area contributed by atoms with Crippen molar-refractivity contribution in [2.45, 2.75) is 13.1 Å². The van der Waals surface area contributed by atoms with Gasteiger partial charge in [-0.15, -0.1) is 0 Å². The second-order valence-corrected chi connectivity index (χ2v) is 4.62. The molecule has 2 amide bonds. The Morgan fingerprint density at radius 3 is 2.81 bits per heavy atom. The molecule has 0 aliphatic carbocycles. The number of benzene rings is 1. The van der Waals surface area contributed by atoms with Crippen molar-refractivity contribution in [1.29, 1.82) is 0 Å². The lowest BCUT2D eigenvalue weighted by Gasteiger charge is -2.19. The van der Waals surface area contributed by atoms with Gasteiger partial charge in [0.05, 0.1) is 5.56 Å². The van der Waals surface area contributed by atoms with Crippen molar-refractivity contribution >= 4 is 11.8 Å². The summed E-state index contributed by atoms with van der Waals surface area (Å²) in [5.74, 6) is -0.576. The zero-order chi connectivity index (χ0) is 15.2. The Kier molecular flexibility index (Phi) is 4.61. The molecule has 0 spiro atoms. The van der Waals surface area contributed by atoms with E-state index in [0.29, 0.717) is 11.3 Å². The minimum absolute atomic E-state index is 0.270. The van der Waals surface area contributed by atoms with Crippen molar-refractivity contribution in [3.05, 3.63) is 53.8 Å². The number of nitrogens with one attached hydrogen (secondary N) is 2. The molecule has 1 aromatic carbocycles. The number of carbonyl (C=O) groups excluding carboxylic acids is 2. The third-order valence-electron chi connectivity index (χ3n) is 2.83. The number of allylic oxidation sites excluding steroid dienone is 2. The highest BCUT2D eigenvalue weighted by molar-refractivity contribution is 5.97. The lowest BCUT2D eigenvalue weighted by atomic mass is 10.1. The van der Waals surface area contributed by atoms with Crippen LogP contribution in [0.2, 0.25) is 0 Å². The van der Waals surface area contributed by atoms with Crippen molar-refractivity contribution < 1.29 is 14.3 Å². The van der Waals surface area contributed by atoms with Crippen molar-refractivity contribution in [2.75, 3.05) is 6.61 Å². The highest BCUT2D eigenvalue weighted by atomic mass is 16.5. The van der Waals surface area contributed by atoms with Gasteiger partial charge >= 0.3 is 0 Å². The van der Waals surface area contributed by atoms with E-state index in [1.165, 1.54) is 0 Å². The number of hydrogen-bond acceptors (Lipinski definition) is 4. The predicted molar refractivity (Wildman–Crippen MR) is 78.4 cm³/mol. The fourth-order valence-corrected chi connectivity index (χ4v) is 1.81. The van der Waals surface area contributed by atoms with Gasteiger partial charge in [0.15, 0.2) is 6.61 Å². The molecule has 0 radical (unpaired) electrons. The lowest BCUT2D eigenvalue weighted by molar-refractivity contribution is -0.119. The molecule has 1 atom stereocenters. The minimum Gasteiger partial charge on any atom is -0.483 e. The van der Waals surface area contributed by atoms with Gasteiger partial charge in [-0.05, 0) is 30.7 Å². The summed E-state index contributed by atoms with van der Waals surface area (Å²) in [5.41, 5.74) is 6.46. The van der Waals surface area contributed by atoms with E-state index in [-0.39, 0.29) is 18.7 Å². The second-order valence-electron chi connectivity index (χ2n) is 4.62. The maximum absolute atomic E-state index is 12.3. The summed E-state index contributed by atoms with van der Waals surface area (Å²) in [4.78, 5) is 23.0. The average molecular weight is 287 g/mol. The number of rotatable bonds is 5. The third-order valence-corrected chi connectivity index (χ3v) is 2.83. The van der Waals surface area contributed by atoms with Crippen LogP contribution in [0.3, 0.4) is 0 Å². The Morgan fingerprint density at radius 1 is 1.38 bits per heavy atom. The van der Waals surface area contributed by atoms with Crippen LogP contribution in [0, 0.1) is 0 Å². The highest BCUT2D eigenvalue weighted by Crippen LogP contribution is 2.18. The molecule has 0 saturated heterocycles. The molecule has 6 nitrogen and oxygen atoms in total. The molecular weight excluding hydrogens is 270 g/mol. The van der Waals surface area contributed by atoms with E-state index in [9.17, 15) is 9.59 Å². The normalized spacial score (nSPS) is 16.6. The molecule has 1 aliphatic rings. The summed E-state index contributed by atoms with van der Waals surface area (Å²) in [7, 11) is 0. The van der Waals surface area contributed by atoms with Gasteiger partial charge < -0.3 is 21.1 Å². The second kappa shape index (κ2) is 6.60. The van der Waals surface area contributed by atoms with Crippen LogP contribution in [0.15, 0.2) is 48.2 Å². The van der Waals surface area contributed by atoms with Crippen LogP contribution in [-0.4, -0.2) is 24.6 Å². The van der Waals surface area contributed by atoms with E-state index >= 15 is 0 Å². The van der Waals surface area contributed by atoms with Gasteiger partial charge in [-0.1, -0.05) is 18.2 Å².